The molecule has 28 heavy (non-hydrogen) atoms. The monoisotopic (exact) mass is 372 g/mol. The SMILES string of the molecule is CCC(=O)c1ccc(NC(=O)N(Cc2ccccc2)Cc2ccccc2)cc1. The van der Waals surface area contributed by atoms with Crippen molar-refractivity contribution in [2.75, 3.05) is 5.32 Å². The molecule has 4 heteroatoms. The van der Waals surface area contributed by atoms with Crippen LogP contribution < -0.4 is 5.32 Å². The van der Waals surface area contributed by atoms with Crippen molar-refractivity contribution in [3.8, 4) is 0 Å². The molecule has 0 aliphatic rings. The third kappa shape index (κ3) is 5.30. The summed E-state index contributed by atoms with van der Waals surface area (Å²) in [5.74, 6) is 0.0904. The third-order valence-corrected chi connectivity index (χ3v) is 4.50. The van der Waals surface area contributed by atoms with Crippen LogP contribution in [0.15, 0.2) is 84.9 Å². The summed E-state index contributed by atoms with van der Waals surface area (Å²) in [6, 6.07) is 26.7. The van der Waals surface area contributed by atoms with Crippen LogP contribution in [0.2, 0.25) is 0 Å². The number of rotatable bonds is 7. The molecule has 2 amide bonds. The van der Waals surface area contributed by atoms with E-state index in [1.807, 2.05) is 67.6 Å². The average Bonchev–Trinajstić information content (AvgIpc) is 2.74. The van der Waals surface area contributed by atoms with Gasteiger partial charge in [-0.2, -0.15) is 0 Å². The second-order valence-corrected chi connectivity index (χ2v) is 6.61. The summed E-state index contributed by atoms with van der Waals surface area (Å²) in [7, 11) is 0. The summed E-state index contributed by atoms with van der Waals surface area (Å²) in [4.78, 5) is 26.5. The van der Waals surface area contributed by atoms with E-state index >= 15 is 0 Å². The lowest BCUT2D eigenvalue weighted by Crippen LogP contribution is -2.34. The molecule has 0 radical (unpaired) electrons. The highest BCUT2D eigenvalue weighted by molar-refractivity contribution is 5.96. The number of hydrogen-bond donors (Lipinski definition) is 1. The van der Waals surface area contributed by atoms with Gasteiger partial charge in [0.25, 0.3) is 0 Å². The minimum Gasteiger partial charge on any atom is -0.316 e. The van der Waals surface area contributed by atoms with E-state index in [4.69, 9.17) is 0 Å². The molecule has 0 saturated carbocycles. The normalized spacial score (nSPS) is 10.3. The predicted octanol–water partition coefficient (Wildman–Crippen LogP) is 5.51. The minimum atomic E-state index is -0.178. The fourth-order valence-electron chi connectivity index (χ4n) is 2.95. The van der Waals surface area contributed by atoms with E-state index in [9.17, 15) is 9.59 Å². The molecular formula is C24H24N2O2. The number of carbonyl (C=O) groups is 2. The van der Waals surface area contributed by atoms with Gasteiger partial charge in [-0.15, -0.1) is 0 Å². The summed E-state index contributed by atoms with van der Waals surface area (Å²) >= 11 is 0. The lowest BCUT2D eigenvalue weighted by atomic mass is 10.1. The predicted molar refractivity (Wildman–Crippen MR) is 112 cm³/mol. The maximum absolute atomic E-state index is 12.9. The zero-order chi connectivity index (χ0) is 19.8. The molecule has 4 nitrogen and oxygen atoms in total. The van der Waals surface area contributed by atoms with Crippen LogP contribution in [-0.2, 0) is 13.1 Å². The molecule has 142 valence electrons. The molecule has 0 atom stereocenters. The molecule has 0 spiro atoms. The Morgan fingerprint density at radius 3 is 1.71 bits per heavy atom. The van der Waals surface area contributed by atoms with E-state index in [1.165, 1.54) is 0 Å². The van der Waals surface area contributed by atoms with Gasteiger partial charge in [0.1, 0.15) is 0 Å². The summed E-state index contributed by atoms with van der Waals surface area (Å²) in [5.41, 5.74) is 3.46. The van der Waals surface area contributed by atoms with Gasteiger partial charge in [-0.25, -0.2) is 4.79 Å². The molecule has 0 aliphatic heterocycles. The number of hydrogen-bond acceptors (Lipinski definition) is 2. The Morgan fingerprint density at radius 1 is 0.750 bits per heavy atom. The molecule has 0 aliphatic carbocycles. The largest absolute Gasteiger partial charge is 0.322 e. The van der Waals surface area contributed by atoms with Crippen molar-refractivity contribution in [3.63, 3.8) is 0 Å². The molecule has 0 fully saturated rings. The van der Waals surface area contributed by atoms with Gasteiger partial charge < -0.3 is 10.2 Å². The molecule has 3 rings (SSSR count). The van der Waals surface area contributed by atoms with E-state index in [1.54, 1.807) is 29.2 Å². The summed E-state index contributed by atoms with van der Waals surface area (Å²) in [6.07, 6.45) is 0.466. The highest BCUT2D eigenvalue weighted by Gasteiger charge is 2.15. The number of anilines is 1. The molecule has 3 aromatic rings. The summed E-state index contributed by atoms with van der Waals surface area (Å²) in [5, 5.41) is 2.94. The number of benzene rings is 3. The van der Waals surface area contributed by atoms with Crippen molar-refractivity contribution >= 4 is 17.5 Å². The molecule has 0 unspecified atom stereocenters. The van der Waals surface area contributed by atoms with Crippen LogP contribution in [0.4, 0.5) is 10.5 Å². The molecule has 0 bridgehead atoms. The third-order valence-electron chi connectivity index (χ3n) is 4.50. The Balaban J connectivity index is 1.74. The highest BCUT2D eigenvalue weighted by Crippen LogP contribution is 2.15. The smallest absolute Gasteiger partial charge is 0.316 e. The van der Waals surface area contributed by atoms with Crippen LogP contribution in [0.25, 0.3) is 0 Å². The van der Waals surface area contributed by atoms with Gasteiger partial charge in [-0.1, -0.05) is 67.6 Å². The first-order valence-corrected chi connectivity index (χ1v) is 9.42. The number of Topliss-reactive ketones (excluding diaryl/α,β-unsaturated/α-hetero) is 1. The Hall–Kier alpha value is -3.40. The molecule has 1 N–H and O–H groups in total. The van der Waals surface area contributed by atoms with Gasteiger partial charge in [0.15, 0.2) is 5.78 Å². The molecular weight excluding hydrogens is 348 g/mol. The van der Waals surface area contributed by atoms with E-state index in [2.05, 4.69) is 5.32 Å². The standard InChI is InChI=1S/C24H24N2O2/c1-2-23(27)21-13-15-22(16-14-21)25-24(28)26(17-19-9-5-3-6-10-19)18-20-11-7-4-8-12-20/h3-16H,2,17-18H2,1H3,(H,25,28). The van der Waals surface area contributed by atoms with E-state index in [-0.39, 0.29) is 11.8 Å². The fraction of sp³-hybridized carbons (Fsp3) is 0.167. The lowest BCUT2D eigenvalue weighted by Gasteiger charge is -2.23. The number of nitrogens with zero attached hydrogens (tertiary/aromatic N) is 1. The summed E-state index contributed by atoms with van der Waals surface area (Å²) in [6.45, 7) is 2.85. The number of nitrogens with one attached hydrogen (secondary N) is 1. The molecule has 0 aromatic heterocycles. The highest BCUT2D eigenvalue weighted by atomic mass is 16.2. The number of amides is 2. The Morgan fingerprint density at radius 2 is 1.25 bits per heavy atom. The van der Waals surface area contributed by atoms with Crippen LogP contribution in [0.1, 0.15) is 34.8 Å². The quantitative estimate of drug-likeness (QED) is 0.556. The zero-order valence-electron chi connectivity index (χ0n) is 16.0. The molecule has 0 heterocycles. The first-order chi connectivity index (χ1) is 13.7. The number of urea groups is 1. The Kier molecular flexibility index (Phi) is 6.58. The van der Waals surface area contributed by atoms with Crippen molar-refractivity contribution in [3.05, 3.63) is 102 Å². The van der Waals surface area contributed by atoms with Gasteiger partial charge in [0.05, 0.1) is 0 Å². The van der Waals surface area contributed by atoms with Crippen molar-refractivity contribution in [2.45, 2.75) is 26.4 Å². The second-order valence-electron chi connectivity index (χ2n) is 6.61. The minimum absolute atomic E-state index is 0.0904. The fourth-order valence-corrected chi connectivity index (χ4v) is 2.95. The van der Waals surface area contributed by atoms with Crippen LogP contribution >= 0.6 is 0 Å². The van der Waals surface area contributed by atoms with Crippen LogP contribution in [-0.4, -0.2) is 16.7 Å². The van der Waals surface area contributed by atoms with Crippen LogP contribution in [0, 0.1) is 0 Å². The summed E-state index contributed by atoms with van der Waals surface area (Å²) < 4.78 is 0. The zero-order valence-corrected chi connectivity index (χ0v) is 16.0. The maximum atomic E-state index is 12.9. The topological polar surface area (TPSA) is 49.4 Å². The molecule has 0 saturated heterocycles. The van der Waals surface area contributed by atoms with Crippen molar-refractivity contribution in [2.24, 2.45) is 0 Å². The van der Waals surface area contributed by atoms with Crippen molar-refractivity contribution in [1.29, 1.82) is 0 Å². The van der Waals surface area contributed by atoms with E-state index < -0.39 is 0 Å². The average molecular weight is 372 g/mol. The first-order valence-electron chi connectivity index (χ1n) is 9.42. The number of carbonyl (C=O) groups excluding carboxylic acids is 2. The Labute approximate surface area is 165 Å². The van der Waals surface area contributed by atoms with Gasteiger partial charge >= 0.3 is 6.03 Å². The Bertz CT molecular complexity index is 865. The van der Waals surface area contributed by atoms with Gasteiger partial charge in [0.2, 0.25) is 0 Å². The van der Waals surface area contributed by atoms with E-state index in [0.717, 1.165) is 11.1 Å². The van der Waals surface area contributed by atoms with Crippen LogP contribution in [0.5, 0.6) is 0 Å². The first kappa shape index (κ1) is 19.4. The van der Waals surface area contributed by atoms with Gasteiger partial charge in [-0.05, 0) is 35.4 Å². The van der Waals surface area contributed by atoms with Crippen LogP contribution in [0.3, 0.4) is 0 Å². The molecule has 3 aromatic carbocycles. The second kappa shape index (κ2) is 9.51. The maximum Gasteiger partial charge on any atom is 0.322 e. The van der Waals surface area contributed by atoms with Gasteiger partial charge in [0, 0.05) is 30.8 Å². The van der Waals surface area contributed by atoms with Gasteiger partial charge in [-0.3, -0.25) is 4.79 Å². The van der Waals surface area contributed by atoms with Crippen molar-refractivity contribution < 1.29 is 9.59 Å². The number of ketones is 1. The lowest BCUT2D eigenvalue weighted by molar-refractivity contribution is 0.0988. The van der Waals surface area contributed by atoms with E-state index in [0.29, 0.717) is 30.8 Å². The van der Waals surface area contributed by atoms with Crippen molar-refractivity contribution in [1.82, 2.24) is 4.90 Å².